The van der Waals surface area contributed by atoms with Crippen molar-refractivity contribution >= 4 is 28.5 Å². The maximum atomic E-state index is 6.12. The molecular formula is C16H22ClN7O2. The number of ether oxygens (including phenoxy) is 2. The number of nitrogens with two attached hydrogens (primary N) is 2. The second kappa shape index (κ2) is 8.45. The monoisotopic (exact) mass is 379 g/mol. The molecule has 3 heterocycles. The van der Waals surface area contributed by atoms with E-state index in [-0.39, 0.29) is 5.28 Å². The topological polar surface area (TPSA) is 116 Å². The van der Waals surface area contributed by atoms with E-state index in [4.69, 9.17) is 32.7 Å². The maximum absolute atomic E-state index is 6.12. The Morgan fingerprint density at radius 1 is 1.42 bits per heavy atom. The highest BCUT2D eigenvalue weighted by Crippen LogP contribution is 2.25. The van der Waals surface area contributed by atoms with Crippen molar-refractivity contribution < 1.29 is 9.47 Å². The number of hydrogen-bond acceptors (Lipinski definition) is 9. The first kappa shape index (κ1) is 18.6. The molecule has 2 aromatic heterocycles. The molecule has 0 bridgehead atoms. The third-order valence-corrected chi connectivity index (χ3v) is 4.03. The lowest BCUT2D eigenvalue weighted by Crippen LogP contribution is -2.37. The highest BCUT2D eigenvalue weighted by atomic mass is 35.5. The number of hydrazine groups is 1. The summed E-state index contributed by atoms with van der Waals surface area (Å²) in [5.74, 6) is 6.70. The molecular weight excluding hydrogens is 358 g/mol. The number of nitrogens with zero attached hydrogens (tertiary/aromatic N) is 5. The van der Waals surface area contributed by atoms with Crippen LogP contribution in [0.25, 0.3) is 11.0 Å². The van der Waals surface area contributed by atoms with Gasteiger partial charge in [-0.05, 0) is 23.2 Å². The minimum absolute atomic E-state index is 0.187. The summed E-state index contributed by atoms with van der Waals surface area (Å²) in [5.41, 5.74) is 8.59. The highest BCUT2D eigenvalue weighted by Gasteiger charge is 2.18. The van der Waals surface area contributed by atoms with Crippen LogP contribution in [0, 0.1) is 0 Å². The zero-order valence-corrected chi connectivity index (χ0v) is 15.3. The van der Waals surface area contributed by atoms with Crippen LogP contribution in [0.4, 0.5) is 5.82 Å². The summed E-state index contributed by atoms with van der Waals surface area (Å²) in [6.45, 7) is 3.52. The zero-order chi connectivity index (χ0) is 18.5. The summed E-state index contributed by atoms with van der Waals surface area (Å²) < 4.78 is 10.4. The van der Waals surface area contributed by atoms with Crippen LogP contribution < -0.4 is 16.5 Å². The predicted octanol–water partition coefficient (Wildman–Crippen LogP) is 0.637. The van der Waals surface area contributed by atoms with Crippen LogP contribution in [-0.2, 0) is 16.0 Å². The van der Waals surface area contributed by atoms with Crippen LogP contribution in [0.5, 0.6) is 0 Å². The predicted molar refractivity (Wildman–Crippen MR) is 99.3 cm³/mol. The molecule has 0 aromatic carbocycles. The second-order valence-corrected chi connectivity index (χ2v) is 6.27. The van der Waals surface area contributed by atoms with E-state index >= 15 is 0 Å². The lowest BCUT2D eigenvalue weighted by molar-refractivity contribution is 0.122. The number of methoxy groups -OCH3 is 1. The summed E-state index contributed by atoms with van der Waals surface area (Å²) >= 11 is 6.12. The molecule has 0 saturated carbocycles. The lowest BCUT2D eigenvalue weighted by Gasteiger charge is -2.28. The van der Waals surface area contributed by atoms with Crippen molar-refractivity contribution in [1.82, 2.24) is 20.0 Å². The molecule has 1 aliphatic heterocycles. The van der Waals surface area contributed by atoms with Crippen LogP contribution in [0.3, 0.4) is 0 Å². The zero-order valence-electron chi connectivity index (χ0n) is 14.6. The van der Waals surface area contributed by atoms with Gasteiger partial charge in [-0.25, -0.2) is 10.8 Å². The quantitative estimate of drug-likeness (QED) is 0.423. The molecule has 9 nitrogen and oxygen atoms in total. The molecule has 1 saturated heterocycles. The van der Waals surface area contributed by atoms with Gasteiger partial charge in [0.05, 0.1) is 37.6 Å². The van der Waals surface area contributed by atoms with Gasteiger partial charge in [0.2, 0.25) is 5.28 Å². The number of rotatable bonds is 6. The molecule has 26 heavy (non-hydrogen) atoms. The maximum Gasteiger partial charge on any atom is 0.225 e. The average molecular weight is 380 g/mol. The van der Waals surface area contributed by atoms with Gasteiger partial charge in [-0.2, -0.15) is 4.98 Å². The molecule has 140 valence electrons. The molecule has 0 spiro atoms. The summed E-state index contributed by atoms with van der Waals surface area (Å²) in [6.07, 6.45) is 3.38. The molecule has 0 aliphatic carbocycles. The molecule has 1 fully saturated rings. The van der Waals surface area contributed by atoms with Crippen molar-refractivity contribution in [3.63, 3.8) is 0 Å². The van der Waals surface area contributed by atoms with Crippen molar-refractivity contribution in [2.75, 3.05) is 44.9 Å². The van der Waals surface area contributed by atoms with Gasteiger partial charge in [0.25, 0.3) is 0 Å². The fourth-order valence-electron chi connectivity index (χ4n) is 2.77. The molecule has 0 atom stereocenters. The molecule has 10 heteroatoms. The third-order valence-electron chi connectivity index (χ3n) is 3.87. The molecule has 3 rings (SSSR count). The summed E-state index contributed by atoms with van der Waals surface area (Å²) in [6, 6.07) is 1.90. The highest BCUT2D eigenvalue weighted by molar-refractivity contribution is 6.28. The van der Waals surface area contributed by atoms with Crippen molar-refractivity contribution in [3.05, 3.63) is 35.0 Å². The van der Waals surface area contributed by atoms with Gasteiger partial charge in [0.1, 0.15) is 5.52 Å². The van der Waals surface area contributed by atoms with Gasteiger partial charge in [-0.15, -0.1) is 0 Å². The first-order valence-corrected chi connectivity index (χ1v) is 8.56. The number of anilines is 1. The first-order valence-electron chi connectivity index (χ1n) is 8.18. The molecule has 0 radical (unpaired) electrons. The Labute approximate surface area is 156 Å². The smallest absolute Gasteiger partial charge is 0.225 e. The summed E-state index contributed by atoms with van der Waals surface area (Å²) in [4.78, 5) is 15.3. The molecule has 1 aliphatic rings. The van der Waals surface area contributed by atoms with Gasteiger partial charge in [0.15, 0.2) is 5.82 Å². The number of pyridine rings is 1. The van der Waals surface area contributed by atoms with Crippen molar-refractivity contribution in [2.45, 2.75) is 6.54 Å². The Balaban J connectivity index is 1.85. The lowest BCUT2D eigenvalue weighted by atomic mass is 10.2. The van der Waals surface area contributed by atoms with E-state index in [9.17, 15) is 0 Å². The van der Waals surface area contributed by atoms with Gasteiger partial charge in [-0.3, -0.25) is 4.98 Å². The van der Waals surface area contributed by atoms with Crippen LogP contribution in [0.1, 0.15) is 5.56 Å². The average Bonchev–Trinajstić information content (AvgIpc) is 2.61. The van der Waals surface area contributed by atoms with E-state index in [2.05, 4.69) is 19.9 Å². The van der Waals surface area contributed by atoms with Gasteiger partial charge < -0.3 is 25.1 Å². The minimum atomic E-state index is 0.187. The van der Waals surface area contributed by atoms with Crippen LogP contribution >= 0.6 is 11.6 Å². The minimum Gasteiger partial charge on any atom is -0.399 e. The van der Waals surface area contributed by atoms with E-state index < -0.39 is 0 Å². The van der Waals surface area contributed by atoms with Crippen LogP contribution in [0.15, 0.2) is 24.2 Å². The number of morpholine rings is 1. The van der Waals surface area contributed by atoms with Crippen LogP contribution in [0.2, 0.25) is 5.28 Å². The van der Waals surface area contributed by atoms with Crippen molar-refractivity contribution in [2.24, 2.45) is 11.6 Å². The standard InChI is InChI=1S/C16H22ClN7O2/c1-25-10-12(18)9-24(19)8-11-6-13-14(20-7-11)15(22-16(17)21-13)23-2-4-26-5-3-23/h6-7,9H,2-5,8,10,18-19H2,1H3/b12-9-. The Hall–Kier alpha value is -2.20. The van der Waals surface area contributed by atoms with Crippen LogP contribution in [-0.4, -0.2) is 60.0 Å². The van der Waals surface area contributed by atoms with E-state index in [1.807, 2.05) is 6.07 Å². The first-order chi connectivity index (χ1) is 12.6. The van der Waals surface area contributed by atoms with Gasteiger partial charge in [0, 0.05) is 32.6 Å². The largest absolute Gasteiger partial charge is 0.399 e. The third kappa shape index (κ3) is 4.50. The Morgan fingerprint density at radius 2 is 2.19 bits per heavy atom. The number of aromatic nitrogens is 3. The molecule has 0 unspecified atom stereocenters. The molecule has 2 aromatic rings. The molecule has 4 N–H and O–H groups in total. The number of hydrogen-bond donors (Lipinski definition) is 2. The number of halogens is 1. The molecule has 0 amide bonds. The van der Waals surface area contributed by atoms with E-state index in [0.717, 1.165) is 24.5 Å². The fourth-order valence-corrected chi connectivity index (χ4v) is 2.94. The van der Waals surface area contributed by atoms with Gasteiger partial charge in [-0.1, -0.05) is 0 Å². The van der Waals surface area contributed by atoms with Gasteiger partial charge >= 0.3 is 0 Å². The number of fused-ring (bicyclic) bond motifs is 1. The summed E-state index contributed by atoms with van der Waals surface area (Å²) in [7, 11) is 1.57. The fraction of sp³-hybridized carbons (Fsp3) is 0.438. The van der Waals surface area contributed by atoms with E-state index in [1.165, 1.54) is 5.01 Å². The van der Waals surface area contributed by atoms with Crippen molar-refractivity contribution in [1.29, 1.82) is 0 Å². The normalized spacial score (nSPS) is 15.5. The Kier molecular flexibility index (Phi) is 6.04. The Morgan fingerprint density at radius 3 is 2.92 bits per heavy atom. The van der Waals surface area contributed by atoms with E-state index in [1.54, 1.807) is 19.5 Å². The Bertz CT molecular complexity index is 796. The SMILES string of the molecule is COC/C(N)=C/N(N)Cc1cnc2c(N3CCOCC3)nc(Cl)nc2c1. The van der Waals surface area contributed by atoms with Crippen molar-refractivity contribution in [3.8, 4) is 0 Å². The second-order valence-electron chi connectivity index (χ2n) is 5.94. The summed E-state index contributed by atoms with van der Waals surface area (Å²) in [5, 5.41) is 1.66. The van der Waals surface area contributed by atoms with E-state index in [0.29, 0.717) is 43.1 Å².